The molecule has 0 aliphatic carbocycles. The number of ether oxygens (including phenoxy) is 2. The summed E-state index contributed by atoms with van der Waals surface area (Å²) in [6.07, 6.45) is -0.601. The molecule has 36 heavy (non-hydrogen) atoms. The number of aromatic nitrogens is 2. The summed E-state index contributed by atoms with van der Waals surface area (Å²) in [6, 6.07) is 8.32. The average molecular weight is 501 g/mol. The lowest BCUT2D eigenvalue weighted by molar-refractivity contribution is 0.0204. The average Bonchev–Trinajstić information content (AvgIpc) is 2.95. The fourth-order valence-electron chi connectivity index (χ4n) is 4.98. The summed E-state index contributed by atoms with van der Waals surface area (Å²) in [5, 5.41) is 6.66. The molecule has 2 aromatic rings. The topological polar surface area (TPSA) is 104 Å². The van der Waals surface area contributed by atoms with Crippen LogP contribution >= 0.6 is 0 Å². The minimum absolute atomic E-state index is 0.278. The molecule has 196 valence electrons. The highest BCUT2D eigenvalue weighted by molar-refractivity contribution is 5.56. The SMILES string of the molecule is CCN(c1nc(C2CNCCO2)nc(N2CCN(c3ccc(CN)cc3)CC2)c1F)C1CNCCO1. The number of halogens is 1. The third-order valence-electron chi connectivity index (χ3n) is 7.03. The lowest BCUT2D eigenvalue weighted by atomic mass is 10.2. The molecular formula is C25H37FN8O2. The number of rotatable bonds is 7. The maximum atomic E-state index is 16.1. The maximum absolute atomic E-state index is 16.1. The van der Waals surface area contributed by atoms with Crippen LogP contribution in [0.2, 0.25) is 0 Å². The van der Waals surface area contributed by atoms with E-state index < -0.39 is 5.82 Å². The van der Waals surface area contributed by atoms with Crippen LogP contribution in [0, 0.1) is 5.82 Å². The molecule has 1 aromatic heterocycles. The second-order valence-electron chi connectivity index (χ2n) is 9.27. The van der Waals surface area contributed by atoms with E-state index in [1.54, 1.807) is 0 Å². The van der Waals surface area contributed by atoms with Gasteiger partial charge in [-0.2, -0.15) is 4.39 Å². The van der Waals surface area contributed by atoms with E-state index in [9.17, 15) is 0 Å². The highest BCUT2D eigenvalue weighted by Crippen LogP contribution is 2.31. The first-order valence-electron chi connectivity index (χ1n) is 13.0. The van der Waals surface area contributed by atoms with E-state index in [0.29, 0.717) is 64.1 Å². The summed E-state index contributed by atoms with van der Waals surface area (Å²) in [6.45, 7) is 9.88. The van der Waals surface area contributed by atoms with E-state index in [1.165, 1.54) is 0 Å². The summed E-state index contributed by atoms with van der Waals surface area (Å²) in [5.74, 6) is 0.722. The van der Waals surface area contributed by atoms with Crippen LogP contribution in [0.25, 0.3) is 0 Å². The van der Waals surface area contributed by atoms with Crippen LogP contribution in [0.1, 0.15) is 24.4 Å². The first-order chi connectivity index (χ1) is 17.7. The molecule has 3 aliphatic heterocycles. The molecule has 5 rings (SSSR count). The second-order valence-corrected chi connectivity index (χ2v) is 9.27. The van der Waals surface area contributed by atoms with Crippen LogP contribution in [0.5, 0.6) is 0 Å². The first kappa shape index (κ1) is 25.1. The summed E-state index contributed by atoms with van der Waals surface area (Å²) < 4.78 is 28.0. The number of nitrogens with zero attached hydrogens (tertiary/aromatic N) is 5. The zero-order chi connectivity index (χ0) is 24.9. The van der Waals surface area contributed by atoms with Crippen LogP contribution in [0.4, 0.5) is 21.7 Å². The van der Waals surface area contributed by atoms with Gasteiger partial charge in [-0.3, -0.25) is 0 Å². The third-order valence-corrected chi connectivity index (χ3v) is 7.03. The molecule has 1 aromatic carbocycles. The maximum Gasteiger partial charge on any atom is 0.208 e. The molecule has 10 nitrogen and oxygen atoms in total. The molecule has 0 radical (unpaired) electrons. The van der Waals surface area contributed by atoms with Gasteiger partial charge >= 0.3 is 0 Å². The van der Waals surface area contributed by atoms with Crippen molar-refractivity contribution in [2.75, 3.05) is 86.8 Å². The van der Waals surface area contributed by atoms with Crippen LogP contribution in [0.15, 0.2) is 24.3 Å². The number of benzene rings is 1. The van der Waals surface area contributed by atoms with Crippen molar-refractivity contribution in [1.82, 2.24) is 20.6 Å². The quantitative estimate of drug-likeness (QED) is 0.507. The number of piperazine rings is 1. The van der Waals surface area contributed by atoms with Crippen molar-refractivity contribution in [3.05, 3.63) is 41.5 Å². The van der Waals surface area contributed by atoms with E-state index in [4.69, 9.17) is 25.2 Å². The normalized spacial score (nSPS) is 23.1. The van der Waals surface area contributed by atoms with Gasteiger partial charge in [-0.05, 0) is 24.6 Å². The van der Waals surface area contributed by atoms with Crippen LogP contribution < -0.4 is 31.1 Å². The molecule has 3 fully saturated rings. The standard InChI is InChI=1S/C25H37FN8O2/c1-2-34(21-17-29-8-14-36-21)25-22(26)24(30-23(31-25)20-16-28-7-13-35-20)33-11-9-32(10-12-33)19-5-3-18(15-27)4-6-19/h3-6,20-21,28-29H,2,7-17,27H2,1H3. The van der Waals surface area contributed by atoms with Crippen molar-refractivity contribution in [1.29, 1.82) is 0 Å². The van der Waals surface area contributed by atoms with Gasteiger partial charge in [0.15, 0.2) is 17.5 Å². The highest BCUT2D eigenvalue weighted by Gasteiger charge is 2.32. The Hall–Kier alpha value is -2.57. The van der Waals surface area contributed by atoms with E-state index in [-0.39, 0.29) is 18.1 Å². The minimum Gasteiger partial charge on any atom is -0.368 e. The van der Waals surface area contributed by atoms with Crippen molar-refractivity contribution in [2.45, 2.75) is 25.8 Å². The lowest BCUT2D eigenvalue weighted by Gasteiger charge is -2.38. The summed E-state index contributed by atoms with van der Waals surface area (Å²) in [7, 11) is 0. The number of anilines is 3. The molecule has 4 N–H and O–H groups in total. The van der Waals surface area contributed by atoms with E-state index >= 15 is 4.39 Å². The van der Waals surface area contributed by atoms with Gasteiger partial charge in [0.2, 0.25) is 5.82 Å². The van der Waals surface area contributed by atoms with Gasteiger partial charge in [0.05, 0.1) is 13.2 Å². The number of morpholine rings is 2. The number of nitrogens with one attached hydrogen (secondary N) is 2. The molecule has 0 amide bonds. The Labute approximate surface area is 211 Å². The first-order valence-corrected chi connectivity index (χ1v) is 13.0. The predicted octanol–water partition coefficient (Wildman–Crippen LogP) is 0.834. The molecule has 4 heterocycles. The van der Waals surface area contributed by atoms with Gasteiger partial charge in [-0.1, -0.05) is 12.1 Å². The second kappa shape index (κ2) is 11.7. The zero-order valence-corrected chi connectivity index (χ0v) is 21.0. The van der Waals surface area contributed by atoms with Crippen molar-refractivity contribution in [2.24, 2.45) is 5.73 Å². The molecule has 2 atom stereocenters. The molecule has 3 saturated heterocycles. The van der Waals surface area contributed by atoms with Gasteiger partial charge in [0, 0.05) is 71.1 Å². The van der Waals surface area contributed by atoms with Crippen molar-refractivity contribution >= 4 is 17.3 Å². The monoisotopic (exact) mass is 500 g/mol. The van der Waals surface area contributed by atoms with Crippen LogP contribution in [-0.2, 0) is 16.0 Å². The Morgan fingerprint density at radius 1 is 1.00 bits per heavy atom. The zero-order valence-electron chi connectivity index (χ0n) is 21.0. The molecule has 0 bridgehead atoms. The fraction of sp³-hybridized carbons (Fsp3) is 0.600. The molecule has 3 aliphatic rings. The summed E-state index contributed by atoms with van der Waals surface area (Å²) >= 11 is 0. The number of nitrogens with two attached hydrogens (primary N) is 1. The van der Waals surface area contributed by atoms with Crippen LogP contribution in [0.3, 0.4) is 0 Å². The molecular weight excluding hydrogens is 463 g/mol. The lowest BCUT2D eigenvalue weighted by Crippen LogP contribution is -2.50. The van der Waals surface area contributed by atoms with Gasteiger partial charge < -0.3 is 40.5 Å². The van der Waals surface area contributed by atoms with E-state index in [0.717, 1.165) is 37.4 Å². The summed E-state index contributed by atoms with van der Waals surface area (Å²) in [4.78, 5) is 15.6. The third kappa shape index (κ3) is 5.40. The molecule has 0 spiro atoms. The van der Waals surface area contributed by atoms with E-state index in [1.807, 2.05) is 16.7 Å². The Bertz CT molecular complexity index is 990. The summed E-state index contributed by atoms with van der Waals surface area (Å²) in [5.41, 5.74) is 8.00. The largest absolute Gasteiger partial charge is 0.368 e. The van der Waals surface area contributed by atoms with Crippen LogP contribution in [-0.4, -0.2) is 88.3 Å². The molecule has 0 saturated carbocycles. The smallest absolute Gasteiger partial charge is 0.208 e. The molecule has 2 unspecified atom stereocenters. The Morgan fingerprint density at radius 2 is 1.69 bits per heavy atom. The number of hydrogen-bond donors (Lipinski definition) is 3. The highest BCUT2D eigenvalue weighted by atomic mass is 19.1. The Balaban J connectivity index is 1.41. The Morgan fingerprint density at radius 3 is 2.31 bits per heavy atom. The predicted molar refractivity (Wildman–Crippen MR) is 138 cm³/mol. The van der Waals surface area contributed by atoms with E-state index in [2.05, 4.69) is 39.8 Å². The number of hydrogen-bond acceptors (Lipinski definition) is 10. The van der Waals surface area contributed by atoms with Crippen molar-refractivity contribution < 1.29 is 13.9 Å². The van der Waals surface area contributed by atoms with Crippen molar-refractivity contribution in [3.63, 3.8) is 0 Å². The number of likely N-dealkylation sites (N-methyl/N-ethyl adjacent to an activating group) is 1. The van der Waals surface area contributed by atoms with Gasteiger partial charge in [0.25, 0.3) is 0 Å². The Kier molecular flexibility index (Phi) is 8.12. The van der Waals surface area contributed by atoms with Gasteiger partial charge in [0.1, 0.15) is 12.3 Å². The van der Waals surface area contributed by atoms with Gasteiger partial charge in [-0.15, -0.1) is 0 Å². The molecule has 11 heteroatoms. The van der Waals surface area contributed by atoms with Gasteiger partial charge in [-0.25, -0.2) is 9.97 Å². The van der Waals surface area contributed by atoms with Crippen molar-refractivity contribution in [3.8, 4) is 0 Å². The minimum atomic E-state index is -0.403. The fourth-order valence-corrected chi connectivity index (χ4v) is 4.98.